The molecule has 0 saturated carbocycles. The van der Waals surface area contributed by atoms with E-state index in [2.05, 4.69) is 168 Å². The largest absolute Gasteiger partial charge is 0.385 e. The van der Waals surface area contributed by atoms with E-state index in [1.54, 1.807) is 0 Å². The lowest BCUT2D eigenvalue weighted by atomic mass is 9.75. The van der Waals surface area contributed by atoms with Gasteiger partial charge in [-0.25, -0.2) is 0 Å². The van der Waals surface area contributed by atoms with Gasteiger partial charge in [0.25, 0.3) is 0 Å². The van der Waals surface area contributed by atoms with E-state index in [0.717, 1.165) is 91.4 Å². The van der Waals surface area contributed by atoms with E-state index in [9.17, 15) is 15.8 Å². The van der Waals surface area contributed by atoms with E-state index in [-0.39, 0.29) is 29.7 Å². The van der Waals surface area contributed by atoms with Gasteiger partial charge in [0.15, 0.2) is 0 Å². The van der Waals surface area contributed by atoms with Crippen molar-refractivity contribution in [1.29, 1.82) is 15.8 Å². The molecule has 0 spiro atoms. The summed E-state index contributed by atoms with van der Waals surface area (Å²) in [6.45, 7) is 2.28. The molecule has 5 unspecified atom stereocenters. The molecule has 0 bridgehead atoms. The summed E-state index contributed by atoms with van der Waals surface area (Å²) < 4.78 is 4.73. The Balaban J connectivity index is 1.15. The first kappa shape index (κ1) is 40.0. The van der Waals surface area contributed by atoms with Crippen LogP contribution in [0.5, 0.6) is 0 Å². The van der Waals surface area contributed by atoms with Gasteiger partial charge in [-0.2, -0.15) is 15.8 Å². The van der Waals surface area contributed by atoms with Gasteiger partial charge in [0, 0.05) is 40.2 Å². The highest BCUT2D eigenvalue weighted by Crippen LogP contribution is 2.46. The minimum absolute atomic E-state index is 0.0178. The lowest BCUT2D eigenvalue weighted by Gasteiger charge is -2.29. The van der Waals surface area contributed by atoms with Crippen LogP contribution >= 0.6 is 0 Å². The molecule has 63 heavy (non-hydrogen) atoms. The van der Waals surface area contributed by atoms with Crippen LogP contribution in [-0.4, -0.2) is 9.13 Å². The molecule has 310 valence electrons. The highest BCUT2D eigenvalue weighted by Gasteiger charge is 2.33. The molecule has 6 heteroatoms. The molecule has 2 aromatic heterocycles. The number of nitriles is 3. The molecule has 5 atom stereocenters. The van der Waals surface area contributed by atoms with Crippen molar-refractivity contribution in [3.05, 3.63) is 183 Å². The maximum atomic E-state index is 10.0. The summed E-state index contributed by atoms with van der Waals surface area (Å²) >= 11 is 0. The molecule has 2 N–H and O–H groups in total. The molecule has 0 saturated heterocycles. The summed E-state index contributed by atoms with van der Waals surface area (Å²) in [5.41, 5.74) is 24.1. The number of hydrogen-bond acceptors (Lipinski definition) is 4. The van der Waals surface area contributed by atoms with E-state index >= 15 is 0 Å². The Morgan fingerprint density at radius 1 is 0.825 bits per heavy atom. The first-order valence-corrected chi connectivity index (χ1v) is 22.8. The Hall–Kier alpha value is -7.07. The average Bonchev–Trinajstić information content (AvgIpc) is 3.86. The number of allylic oxidation sites excluding steroid dienone is 11. The molecule has 3 aromatic carbocycles. The fourth-order valence-corrected chi connectivity index (χ4v) is 11.4. The third-order valence-electron chi connectivity index (χ3n) is 14.2. The number of hydrogen-bond donors (Lipinski definition) is 1. The topological polar surface area (TPSA) is 107 Å². The Morgan fingerprint density at radius 2 is 1.65 bits per heavy atom. The van der Waals surface area contributed by atoms with E-state index in [4.69, 9.17) is 5.73 Å². The first-order chi connectivity index (χ1) is 30.9. The Morgan fingerprint density at radius 3 is 2.51 bits per heavy atom. The smallest absolute Gasteiger partial charge is 0.108 e. The number of aromatic nitrogens is 2. The van der Waals surface area contributed by atoms with Crippen LogP contribution in [-0.2, 0) is 25.7 Å². The van der Waals surface area contributed by atoms with Crippen molar-refractivity contribution in [1.82, 2.24) is 9.13 Å². The maximum absolute atomic E-state index is 10.0. The van der Waals surface area contributed by atoms with Gasteiger partial charge in [-0.05, 0) is 146 Å². The number of rotatable bonds is 8. The van der Waals surface area contributed by atoms with Gasteiger partial charge < -0.3 is 10.3 Å². The van der Waals surface area contributed by atoms with Gasteiger partial charge in [0.1, 0.15) is 5.82 Å². The van der Waals surface area contributed by atoms with Gasteiger partial charge in [-0.3, -0.25) is 4.57 Å². The van der Waals surface area contributed by atoms with Crippen molar-refractivity contribution in [2.75, 3.05) is 0 Å². The van der Waals surface area contributed by atoms with Crippen LogP contribution in [0.15, 0.2) is 127 Å². The summed E-state index contributed by atoms with van der Waals surface area (Å²) in [6, 6.07) is 33.8. The normalized spacial score (nSPS) is 22.2. The van der Waals surface area contributed by atoms with Gasteiger partial charge in [-0.1, -0.05) is 109 Å². The van der Waals surface area contributed by atoms with Gasteiger partial charge in [0.2, 0.25) is 0 Å². The predicted molar refractivity (Wildman–Crippen MR) is 255 cm³/mol. The van der Waals surface area contributed by atoms with Crippen LogP contribution in [0, 0.1) is 45.8 Å². The van der Waals surface area contributed by atoms with E-state index < -0.39 is 0 Å². The standard InChI is InChI=1S/C57H52N6/c1-37(62-55-27-25-39(35-59)31-51(55)52-32-40(36-60)26-28-56(52)62)29-42(33-57(61)63-53-23-10-8-21-49(53)50-22-9-11-24-54(50)63)44-16-3-5-18-46(44)48-20-7-6-19-47(48)45-17-4-2-15-43(45)41-14-12-13-38(30-41)34-58/h2-8,10-11,15-19,21,23-25,27,29-30,33,37,39-41,48H,9,12-14,20,22,26,28,31-32,61H2,1H3/b42-29+,57-33+. The summed E-state index contributed by atoms with van der Waals surface area (Å²) in [5, 5.41) is 31.1. The molecular formula is C57H52N6. The second kappa shape index (κ2) is 17.0. The number of fused-ring (bicyclic) bond motifs is 6. The fraction of sp³-hybridized carbons (Fsp3) is 0.281. The van der Waals surface area contributed by atoms with Crippen molar-refractivity contribution in [2.24, 2.45) is 17.6 Å². The molecule has 10 rings (SSSR count). The molecule has 0 amide bonds. The van der Waals surface area contributed by atoms with Crippen LogP contribution in [0.2, 0.25) is 0 Å². The zero-order valence-corrected chi connectivity index (χ0v) is 36.0. The molecular weight excluding hydrogens is 769 g/mol. The third-order valence-corrected chi connectivity index (χ3v) is 14.2. The van der Waals surface area contributed by atoms with Gasteiger partial charge in [-0.15, -0.1) is 0 Å². The van der Waals surface area contributed by atoms with E-state index in [1.165, 1.54) is 50.0 Å². The zero-order chi connectivity index (χ0) is 43.0. The Labute approximate surface area is 371 Å². The molecule has 0 radical (unpaired) electrons. The number of aryl methyl sites for hydroxylation is 1. The Bertz CT molecular complexity index is 3000. The van der Waals surface area contributed by atoms with Crippen LogP contribution in [0.25, 0.3) is 40.0 Å². The van der Waals surface area contributed by atoms with Crippen molar-refractivity contribution in [3.8, 4) is 18.2 Å². The third kappa shape index (κ3) is 7.23. The summed E-state index contributed by atoms with van der Waals surface area (Å²) in [5.74, 6) is 0.747. The number of benzene rings is 3. The Kier molecular flexibility index (Phi) is 10.8. The second-order valence-corrected chi connectivity index (χ2v) is 17.9. The first-order valence-electron chi connectivity index (χ1n) is 22.8. The fourth-order valence-electron chi connectivity index (χ4n) is 11.4. The SMILES string of the molecule is CC(/C=C(\C=C(/N)n1c2c(c3ccccc31)CCC=C2)c1ccccc1C1CC=CC=C1c1ccccc1C1C=C(C#N)CCC1)n1c2c(c3c1CCC(C#N)C3)CC(C#N)C=C2. The number of nitrogens with two attached hydrogens (primary N) is 1. The highest BCUT2D eigenvalue weighted by molar-refractivity contribution is 5.93. The van der Waals surface area contributed by atoms with E-state index in [0.29, 0.717) is 12.2 Å². The van der Waals surface area contributed by atoms with Crippen LogP contribution in [0.3, 0.4) is 0 Å². The van der Waals surface area contributed by atoms with Crippen molar-refractivity contribution < 1.29 is 0 Å². The molecule has 0 fully saturated rings. The van der Waals surface area contributed by atoms with Crippen LogP contribution in [0.4, 0.5) is 0 Å². The molecule has 5 aliphatic rings. The highest BCUT2D eigenvalue weighted by atomic mass is 15.1. The lowest BCUT2D eigenvalue weighted by molar-refractivity contribution is 0.523. The van der Waals surface area contributed by atoms with Crippen molar-refractivity contribution in [3.63, 3.8) is 0 Å². The van der Waals surface area contributed by atoms with Crippen LogP contribution < -0.4 is 5.73 Å². The molecule has 5 aliphatic carbocycles. The molecule has 0 aliphatic heterocycles. The molecule has 2 heterocycles. The average molecular weight is 821 g/mol. The molecule has 5 aromatic rings. The zero-order valence-electron chi connectivity index (χ0n) is 36.0. The van der Waals surface area contributed by atoms with Crippen molar-refractivity contribution >= 4 is 40.0 Å². The number of nitrogens with zero attached hydrogens (tertiary/aromatic N) is 5. The number of para-hydroxylation sites is 1. The van der Waals surface area contributed by atoms with E-state index in [1.807, 2.05) is 0 Å². The molecule has 6 nitrogen and oxygen atoms in total. The summed E-state index contributed by atoms with van der Waals surface area (Å²) in [6.07, 6.45) is 31.1. The van der Waals surface area contributed by atoms with Crippen molar-refractivity contribution in [2.45, 2.75) is 89.0 Å². The van der Waals surface area contributed by atoms with Gasteiger partial charge >= 0.3 is 0 Å². The summed E-state index contributed by atoms with van der Waals surface area (Å²) in [4.78, 5) is 0. The second-order valence-electron chi connectivity index (χ2n) is 17.9. The lowest BCUT2D eigenvalue weighted by Crippen LogP contribution is -2.17. The summed E-state index contributed by atoms with van der Waals surface area (Å²) in [7, 11) is 0. The monoisotopic (exact) mass is 820 g/mol. The quantitative estimate of drug-likeness (QED) is 0.157. The minimum atomic E-state index is -0.174. The maximum Gasteiger partial charge on any atom is 0.108 e. The van der Waals surface area contributed by atoms with Gasteiger partial charge in [0.05, 0.1) is 41.3 Å². The predicted octanol–water partition coefficient (Wildman–Crippen LogP) is 12.7. The minimum Gasteiger partial charge on any atom is -0.385 e. The van der Waals surface area contributed by atoms with Crippen LogP contribution in [0.1, 0.15) is 119 Å².